The highest BCUT2D eigenvalue weighted by molar-refractivity contribution is 9.10. The first-order valence-electron chi connectivity index (χ1n) is 9.98. The molecule has 2 aliphatic rings. The minimum atomic E-state index is -3.69. The summed E-state index contributed by atoms with van der Waals surface area (Å²) in [7, 11) is -1.94. The SMILES string of the molecule is Cc1nc(S(=O)(=O)N2CCC(C(=O)N3CCCc4cc(Br)cc(F)c43)CC2)cn1C. The number of carbonyl (C=O) groups excluding carboxylic acids is 1. The molecule has 2 aliphatic heterocycles. The molecule has 1 aromatic heterocycles. The fraction of sp³-hybridized carbons (Fsp3) is 0.500. The monoisotopic (exact) mass is 498 g/mol. The van der Waals surface area contributed by atoms with E-state index in [0.717, 1.165) is 18.4 Å². The number of piperidine rings is 1. The molecule has 162 valence electrons. The van der Waals surface area contributed by atoms with Crippen LogP contribution in [0, 0.1) is 18.7 Å². The summed E-state index contributed by atoms with van der Waals surface area (Å²) >= 11 is 3.31. The molecule has 0 N–H and O–H groups in total. The highest BCUT2D eigenvalue weighted by atomic mass is 79.9. The Morgan fingerprint density at radius 1 is 1.23 bits per heavy atom. The highest BCUT2D eigenvalue weighted by Gasteiger charge is 2.37. The van der Waals surface area contributed by atoms with Gasteiger partial charge in [-0.2, -0.15) is 4.31 Å². The predicted molar refractivity (Wildman–Crippen MR) is 114 cm³/mol. The van der Waals surface area contributed by atoms with Gasteiger partial charge in [0.25, 0.3) is 10.0 Å². The molecule has 0 aliphatic carbocycles. The van der Waals surface area contributed by atoms with Crippen LogP contribution in [-0.2, 0) is 28.3 Å². The van der Waals surface area contributed by atoms with E-state index in [1.165, 1.54) is 16.6 Å². The first kappa shape index (κ1) is 21.5. The maximum absolute atomic E-state index is 14.6. The molecule has 4 rings (SSSR count). The second-order valence-electron chi connectivity index (χ2n) is 7.90. The van der Waals surface area contributed by atoms with Crippen molar-refractivity contribution in [2.75, 3.05) is 24.5 Å². The van der Waals surface area contributed by atoms with Gasteiger partial charge < -0.3 is 9.47 Å². The van der Waals surface area contributed by atoms with E-state index < -0.39 is 15.8 Å². The Bertz CT molecular complexity index is 1070. The summed E-state index contributed by atoms with van der Waals surface area (Å²) in [4.78, 5) is 18.9. The number of halogens is 2. The standard InChI is InChI=1S/C20H24BrFN4O3S/c1-13-23-18(12-24(13)2)30(28,29)25-8-5-14(6-9-25)20(27)26-7-3-4-15-10-16(21)11-17(22)19(15)26/h10-12,14H,3-9H2,1-2H3. The van der Waals surface area contributed by atoms with E-state index in [0.29, 0.717) is 35.4 Å². The van der Waals surface area contributed by atoms with Crippen molar-refractivity contribution < 1.29 is 17.6 Å². The minimum absolute atomic E-state index is 0.0323. The molecule has 0 unspecified atom stereocenters. The van der Waals surface area contributed by atoms with Gasteiger partial charge in [0.15, 0.2) is 5.03 Å². The fourth-order valence-corrected chi connectivity index (χ4v) is 6.19. The average molecular weight is 499 g/mol. The number of benzene rings is 1. The van der Waals surface area contributed by atoms with E-state index in [2.05, 4.69) is 20.9 Å². The summed E-state index contributed by atoms with van der Waals surface area (Å²) in [6, 6.07) is 3.25. The van der Waals surface area contributed by atoms with E-state index in [-0.39, 0.29) is 29.9 Å². The molecule has 3 heterocycles. The number of hydrogen-bond acceptors (Lipinski definition) is 4. The van der Waals surface area contributed by atoms with Crippen LogP contribution in [0.3, 0.4) is 0 Å². The zero-order valence-corrected chi connectivity index (χ0v) is 19.3. The van der Waals surface area contributed by atoms with E-state index in [1.807, 2.05) is 6.07 Å². The molecule has 1 fully saturated rings. The summed E-state index contributed by atoms with van der Waals surface area (Å²) in [6.07, 6.45) is 3.84. The molecule has 30 heavy (non-hydrogen) atoms. The number of amides is 1. The Hall–Kier alpha value is -1.78. The van der Waals surface area contributed by atoms with E-state index in [4.69, 9.17) is 0 Å². The highest BCUT2D eigenvalue weighted by Crippen LogP contribution is 2.35. The van der Waals surface area contributed by atoms with Crippen molar-refractivity contribution in [3.63, 3.8) is 0 Å². The Morgan fingerprint density at radius 3 is 2.57 bits per heavy atom. The molecular formula is C20H24BrFN4O3S. The quantitative estimate of drug-likeness (QED) is 0.651. The zero-order chi connectivity index (χ0) is 21.6. The van der Waals surface area contributed by atoms with Crippen molar-refractivity contribution in [2.24, 2.45) is 13.0 Å². The largest absolute Gasteiger partial charge is 0.337 e. The van der Waals surface area contributed by atoms with Gasteiger partial charge in [-0.3, -0.25) is 4.79 Å². The number of imidazole rings is 1. The van der Waals surface area contributed by atoms with Gasteiger partial charge in [0.1, 0.15) is 11.6 Å². The third kappa shape index (κ3) is 3.80. The Morgan fingerprint density at radius 2 is 1.93 bits per heavy atom. The Balaban J connectivity index is 1.48. The van der Waals surface area contributed by atoms with Gasteiger partial charge in [-0.25, -0.2) is 17.8 Å². The number of sulfonamides is 1. The zero-order valence-electron chi connectivity index (χ0n) is 16.9. The molecule has 0 radical (unpaired) electrons. The van der Waals surface area contributed by atoms with Crippen LogP contribution in [0.2, 0.25) is 0 Å². The van der Waals surface area contributed by atoms with Crippen LogP contribution < -0.4 is 4.90 Å². The average Bonchev–Trinajstić information content (AvgIpc) is 3.06. The van der Waals surface area contributed by atoms with Crippen molar-refractivity contribution in [3.8, 4) is 0 Å². The van der Waals surface area contributed by atoms with Gasteiger partial charge in [0, 0.05) is 43.3 Å². The lowest BCUT2D eigenvalue weighted by atomic mass is 9.94. The third-order valence-corrected chi connectivity index (χ3v) is 8.19. The molecular weight excluding hydrogens is 475 g/mol. The molecule has 0 spiro atoms. The van der Waals surface area contributed by atoms with Crippen molar-refractivity contribution in [1.29, 1.82) is 0 Å². The van der Waals surface area contributed by atoms with Gasteiger partial charge in [-0.15, -0.1) is 0 Å². The summed E-state index contributed by atoms with van der Waals surface area (Å²) < 4.78 is 44.1. The maximum atomic E-state index is 14.6. The molecule has 0 bridgehead atoms. The smallest absolute Gasteiger partial charge is 0.262 e. The van der Waals surface area contributed by atoms with Crippen LogP contribution in [0.5, 0.6) is 0 Å². The molecule has 10 heteroatoms. The van der Waals surface area contributed by atoms with Gasteiger partial charge in [0.05, 0.1) is 5.69 Å². The van der Waals surface area contributed by atoms with Crippen LogP contribution in [0.15, 0.2) is 27.8 Å². The normalized spacial score (nSPS) is 18.5. The van der Waals surface area contributed by atoms with Crippen molar-refractivity contribution >= 4 is 37.5 Å². The summed E-state index contributed by atoms with van der Waals surface area (Å²) in [5.41, 5.74) is 1.19. The lowest BCUT2D eigenvalue weighted by Gasteiger charge is -2.36. The van der Waals surface area contributed by atoms with E-state index in [1.54, 1.807) is 23.4 Å². The van der Waals surface area contributed by atoms with Crippen LogP contribution in [0.4, 0.5) is 10.1 Å². The van der Waals surface area contributed by atoms with Gasteiger partial charge in [-0.1, -0.05) is 15.9 Å². The summed E-state index contributed by atoms with van der Waals surface area (Å²) in [5, 5.41) is 0.0323. The number of carbonyl (C=O) groups is 1. The van der Waals surface area contributed by atoms with Gasteiger partial charge >= 0.3 is 0 Å². The van der Waals surface area contributed by atoms with Gasteiger partial charge in [0.2, 0.25) is 5.91 Å². The van der Waals surface area contributed by atoms with E-state index in [9.17, 15) is 17.6 Å². The lowest BCUT2D eigenvalue weighted by Crippen LogP contribution is -2.46. The summed E-state index contributed by atoms with van der Waals surface area (Å²) in [5.74, 6) is -0.229. The molecule has 1 saturated heterocycles. The fourth-order valence-electron chi connectivity index (χ4n) is 4.22. The second kappa shape index (κ2) is 8.05. The minimum Gasteiger partial charge on any atom is -0.337 e. The number of nitrogens with zero attached hydrogens (tertiary/aromatic N) is 4. The van der Waals surface area contributed by atoms with Gasteiger partial charge in [-0.05, 0) is 50.3 Å². The number of aromatic nitrogens is 2. The number of hydrogen-bond donors (Lipinski definition) is 0. The number of fused-ring (bicyclic) bond motifs is 1. The molecule has 2 aromatic rings. The van der Waals surface area contributed by atoms with Crippen LogP contribution >= 0.6 is 15.9 Å². The Labute approximate surface area is 184 Å². The first-order valence-corrected chi connectivity index (χ1v) is 12.2. The maximum Gasteiger partial charge on any atom is 0.262 e. The van der Waals surface area contributed by atoms with Crippen molar-refractivity contribution in [3.05, 3.63) is 40.0 Å². The van der Waals surface area contributed by atoms with Crippen molar-refractivity contribution in [2.45, 2.75) is 37.6 Å². The number of rotatable bonds is 3. The first-order chi connectivity index (χ1) is 14.2. The van der Waals surface area contributed by atoms with Crippen molar-refractivity contribution in [1.82, 2.24) is 13.9 Å². The van der Waals surface area contributed by atoms with Crippen LogP contribution in [0.25, 0.3) is 0 Å². The number of anilines is 1. The predicted octanol–water partition coefficient (Wildman–Crippen LogP) is 3.01. The molecule has 1 aromatic carbocycles. The molecule has 1 amide bonds. The molecule has 0 atom stereocenters. The molecule has 7 nitrogen and oxygen atoms in total. The second-order valence-corrected chi connectivity index (χ2v) is 10.7. The third-order valence-electron chi connectivity index (χ3n) is 5.96. The number of aryl methyl sites for hydroxylation is 3. The van der Waals surface area contributed by atoms with Crippen LogP contribution in [0.1, 0.15) is 30.7 Å². The van der Waals surface area contributed by atoms with E-state index >= 15 is 0 Å². The topological polar surface area (TPSA) is 75.5 Å². The summed E-state index contributed by atoms with van der Waals surface area (Å²) in [6.45, 7) is 2.73. The lowest BCUT2D eigenvalue weighted by molar-refractivity contribution is -0.123. The Kier molecular flexibility index (Phi) is 5.75. The molecule has 0 saturated carbocycles. The van der Waals surface area contributed by atoms with Crippen LogP contribution in [-0.4, -0.2) is 47.8 Å².